The molecule has 0 bridgehead atoms. The highest BCUT2D eigenvalue weighted by molar-refractivity contribution is 7.99. The van der Waals surface area contributed by atoms with Gasteiger partial charge in [0.1, 0.15) is 0 Å². The van der Waals surface area contributed by atoms with Crippen LogP contribution in [0.1, 0.15) is 26.0 Å². The van der Waals surface area contributed by atoms with E-state index in [0.29, 0.717) is 18.1 Å². The first-order chi connectivity index (χ1) is 8.88. The van der Waals surface area contributed by atoms with Gasteiger partial charge in [-0.15, -0.1) is 0 Å². The van der Waals surface area contributed by atoms with Crippen LogP contribution < -0.4 is 5.32 Å². The third-order valence-corrected chi connectivity index (χ3v) is 3.19. The van der Waals surface area contributed by atoms with Gasteiger partial charge in [0.25, 0.3) is 0 Å². The Labute approximate surface area is 116 Å². The molecule has 0 aliphatic rings. The van der Waals surface area contributed by atoms with Crippen LogP contribution in [-0.4, -0.2) is 38.3 Å². The fraction of sp³-hybridized carbons (Fsp3) is 0.583. The highest BCUT2D eigenvalue weighted by Crippen LogP contribution is 2.17. The normalized spacial score (nSPS) is 10.7. The van der Waals surface area contributed by atoms with Gasteiger partial charge in [0.15, 0.2) is 5.16 Å². The highest BCUT2D eigenvalue weighted by atomic mass is 32.2. The molecule has 1 aromatic rings. The average molecular weight is 285 g/mol. The molecule has 106 valence electrons. The molecule has 7 heteroatoms. The average Bonchev–Trinajstić information content (AvgIpc) is 2.63. The number of hydrogen-bond donors (Lipinski definition) is 2. The molecule has 0 atom stereocenters. The van der Waals surface area contributed by atoms with Crippen molar-refractivity contribution < 1.29 is 14.7 Å². The molecule has 2 N–H and O–H groups in total. The van der Waals surface area contributed by atoms with Crippen LogP contribution in [0.15, 0.2) is 11.4 Å². The van der Waals surface area contributed by atoms with Crippen molar-refractivity contribution >= 4 is 23.6 Å². The van der Waals surface area contributed by atoms with Crippen LogP contribution in [0.2, 0.25) is 0 Å². The van der Waals surface area contributed by atoms with Gasteiger partial charge in [0.2, 0.25) is 5.91 Å². The number of carbonyl (C=O) groups excluding carboxylic acids is 1. The Morgan fingerprint density at radius 3 is 2.79 bits per heavy atom. The summed E-state index contributed by atoms with van der Waals surface area (Å²) in [5, 5.41) is 12.1. The van der Waals surface area contributed by atoms with Crippen molar-refractivity contribution in [3.63, 3.8) is 0 Å². The standard InChI is InChI=1S/C12H19N3O3S/c1-8(2)13-10(16)4-5-15-6-9(3)14-12(15)19-7-11(17)18/h6,8H,4-5,7H2,1-3H3,(H,13,16)(H,17,18). The zero-order chi connectivity index (χ0) is 14.4. The SMILES string of the molecule is Cc1cn(CCC(=O)NC(C)C)c(SCC(=O)O)n1. The zero-order valence-corrected chi connectivity index (χ0v) is 12.2. The minimum absolute atomic E-state index is 0.0180. The monoisotopic (exact) mass is 285 g/mol. The number of nitrogens with zero attached hydrogens (tertiary/aromatic N) is 2. The molecule has 0 saturated heterocycles. The highest BCUT2D eigenvalue weighted by Gasteiger charge is 2.10. The van der Waals surface area contributed by atoms with Crippen LogP contribution in [-0.2, 0) is 16.1 Å². The zero-order valence-electron chi connectivity index (χ0n) is 11.3. The topological polar surface area (TPSA) is 84.2 Å². The minimum atomic E-state index is -0.880. The number of imidazole rings is 1. The number of aliphatic carboxylic acids is 1. The van der Waals surface area contributed by atoms with Crippen molar-refractivity contribution in [3.8, 4) is 0 Å². The minimum Gasteiger partial charge on any atom is -0.481 e. The molecule has 1 aromatic heterocycles. The van der Waals surface area contributed by atoms with Crippen LogP contribution in [0.4, 0.5) is 0 Å². The molecular formula is C12H19N3O3S. The van der Waals surface area contributed by atoms with Gasteiger partial charge in [-0.2, -0.15) is 0 Å². The maximum absolute atomic E-state index is 11.6. The second-order valence-corrected chi connectivity index (χ2v) is 5.46. The van der Waals surface area contributed by atoms with E-state index >= 15 is 0 Å². The van der Waals surface area contributed by atoms with E-state index in [1.165, 1.54) is 0 Å². The van der Waals surface area contributed by atoms with Crippen molar-refractivity contribution in [2.24, 2.45) is 0 Å². The van der Waals surface area contributed by atoms with Crippen LogP contribution in [0, 0.1) is 6.92 Å². The maximum atomic E-state index is 11.6. The predicted octanol–water partition coefficient (Wildman–Crippen LogP) is 1.28. The predicted molar refractivity (Wildman–Crippen MR) is 73.2 cm³/mol. The lowest BCUT2D eigenvalue weighted by atomic mass is 10.3. The molecule has 19 heavy (non-hydrogen) atoms. The molecule has 1 rings (SSSR count). The number of rotatable bonds is 7. The summed E-state index contributed by atoms with van der Waals surface area (Å²) >= 11 is 1.16. The van der Waals surface area contributed by atoms with Crippen LogP contribution in [0.25, 0.3) is 0 Å². The lowest BCUT2D eigenvalue weighted by Crippen LogP contribution is -2.30. The second-order valence-electron chi connectivity index (χ2n) is 4.51. The van der Waals surface area contributed by atoms with E-state index in [0.717, 1.165) is 17.5 Å². The number of thioether (sulfide) groups is 1. The molecule has 0 radical (unpaired) electrons. The Hall–Kier alpha value is -1.50. The molecule has 6 nitrogen and oxygen atoms in total. The van der Waals surface area contributed by atoms with E-state index in [2.05, 4.69) is 10.3 Å². The van der Waals surface area contributed by atoms with Crippen LogP contribution in [0.3, 0.4) is 0 Å². The molecule has 0 aliphatic carbocycles. The molecule has 0 fully saturated rings. The third kappa shape index (κ3) is 5.78. The summed E-state index contributed by atoms with van der Waals surface area (Å²) in [6.07, 6.45) is 2.18. The summed E-state index contributed by atoms with van der Waals surface area (Å²) in [5.74, 6) is -0.931. The fourth-order valence-electron chi connectivity index (χ4n) is 1.54. The molecule has 0 aliphatic heterocycles. The smallest absolute Gasteiger partial charge is 0.313 e. The molecule has 1 heterocycles. The second kappa shape index (κ2) is 7.18. The van der Waals surface area contributed by atoms with E-state index in [1.54, 1.807) is 0 Å². The van der Waals surface area contributed by atoms with E-state index in [9.17, 15) is 9.59 Å². The summed E-state index contributed by atoms with van der Waals surface area (Å²) < 4.78 is 1.82. The Morgan fingerprint density at radius 2 is 2.21 bits per heavy atom. The van der Waals surface area contributed by atoms with Crippen molar-refractivity contribution in [2.75, 3.05) is 5.75 Å². The molecule has 0 spiro atoms. The lowest BCUT2D eigenvalue weighted by Gasteiger charge is -2.09. The summed E-state index contributed by atoms with van der Waals surface area (Å²) in [7, 11) is 0. The lowest BCUT2D eigenvalue weighted by molar-refractivity contribution is -0.134. The third-order valence-electron chi connectivity index (χ3n) is 2.21. The number of aryl methyl sites for hydroxylation is 2. The molecule has 1 amide bonds. The number of amides is 1. The van der Waals surface area contributed by atoms with E-state index < -0.39 is 5.97 Å². The fourth-order valence-corrected chi connectivity index (χ4v) is 2.31. The van der Waals surface area contributed by atoms with Gasteiger partial charge < -0.3 is 15.0 Å². The van der Waals surface area contributed by atoms with E-state index in [4.69, 9.17) is 5.11 Å². The Balaban J connectivity index is 2.57. The number of hydrogen-bond acceptors (Lipinski definition) is 4. The van der Waals surface area contributed by atoms with Crippen molar-refractivity contribution in [3.05, 3.63) is 11.9 Å². The largest absolute Gasteiger partial charge is 0.481 e. The Bertz CT molecular complexity index is 457. The number of carboxylic acid groups (broad SMARTS) is 1. The first-order valence-electron chi connectivity index (χ1n) is 6.06. The van der Waals surface area contributed by atoms with Crippen molar-refractivity contribution in [2.45, 2.75) is 44.9 Å². The van der Waals surface area contributed by atoms with Gasteiger partial charge in [0, 0.05) is 25.2 Å². The summed E-state index contributed by atoms with van der Waals surface area (Å²) in [6.45, 7) is 6.16. The molecule has 0 unspecified atom stereocenters. The molecule has 0 aromatic carbocycles. The first kappa shape index (κ1) is 15.6. The first-order valence-corrected chi connectivity index (χ1v) is 7.04. The van der Waals surface area contributed by atoms with Crippen molar-refractivity contribution in [1.29, 1.82) is 0 Å². The van der Waals surface area contributed by atoms with Gasteiger partial charge in [-0.25, -0.2) is 4.98 Å². The summed E-state index contributed by atoms with van der Waals surface area (Å²) in [6, 6.07) is 0.123. The van der Waals surface area contributed by atoms with Gasteiger partial charge in [-0.3, -0.25) is 9.59 Å². The quantitative estimate of drug-likeness (QED) is 0.737. The van der Waals surface area contributed by atoms with Gasteiger partial charge >= 0.3 is 5.97 Å². The Morgan fingerprint density at radius 1 is 1.53 bits per heavy atom. The van der Waals surface area contributed by atoms with Crippen LogP contribution in [0.5, 0.6) is 0 Å². The number of nitrogens with one attached hydrogen (secondary N) is 1. The maximum Gasteiger partial charge on any atom is 0.313 e. The van der Waals surface area contributed by atoms with Gasteiger partial charge in [-0.1, -0.05) is 11.8 Å². The van der Waals surface area contributed by atoms with E-state index in [-0.39, 0.29) is 17.7 Å². The number of carbonyl (C=O) groups is 2. The summed E-state index contributed by atoms with van der Waals surface area (Å²) in [4.78, 5) is 26.4. The van der Waals surface area contributed by atoms with Gasteiger partial charge in [-0.05, 0) is 20.8 Å². The van der Waals surface area contributed by atoms with Crippen LogP contribution >= 0.6 is 11.8 Å². The summed E-state index contributed by atoms with van der Waals surface area (Å²) in [5.41, 5.74) is 0.817. The number of aromatic nitrogens is 2. The molecular weight excluding hydrogens is 266 g/mol. The molecule has 0 saturated carbocycles. The Kier molecular flexibility index (Phi) is 5.88. The number of carboxylic acids is 1. The van der Waals surface area contributed by atoms with Gasteiger partial charge in [0.05, 0.1) is 11.4 Å². The van der Waals surface area contributed by atoms with Crippen molar-refractivity contribution in [1.82, 2.24) is 14.9 Å². The van der Waals surface area contributed by atoms with E-state index in [1.807, 2.05) is 31.5 Å².